The first kappa shape index (κ1) is 13.2. The van der Waals surface area contributed by atoms with Gasteiger partial charge in [-0.2, -0.15) is 0 Å². The summed E-state index contributed by atoms with van der Waals surface area (Å²) in [5.41, 5.74) is 3.32. The monoisotopic (exact) mass is 273 g/mol. The van der Waals surface area contributed by atoms with Crippen LogP contribution in [0.4, 0.5) is 0 Å². The van der Waals surface area contributed by atoms with Crippen LogP contribution in [0.5, 0.6) is 0 Å². The van der Waals surface area contributed by atoms with E-state index in [-0.39, 0.29) is 12.4 Å². The van der Waals surface area contributed by atoms with Crippen LogP contribution in [0.25, 0.3) is 11.0 Å². The maximum atomic E-state index is 8.07. The lowest BCUT2D eigenvalue weighted by Crippen LogP contribution is -3.00. The molecule has 4 nitrogen and oxygen atoms in total. The molecule has 0 atom stereocenters. The third kappa shape index (κ3) is 2.22. The summed E-state index contributed by atoms with van der Waals surface area (Å²) in [6, 6.07) is 17.9. The fourth-order valence-corrected chi connectivity index (χ4v) is 2.18. The van der Waals surface area contributed by atoms with Gasteiger partial charge in [-0.1, -0.05) is 42.5 Å². The van der Waals surface area contributed by atoms with Gasteiger partial charge in [0.25, 0.3) is 0 Å². The largest absolute Gasteiger partial charge is 1.00 e. The number of nitrogens with zero attached hydrogens (tertiary/aromatic N) is 2. The number of para-hydroxylation sites is 2. The summed E-state index contributed by atoms with van der Waals surface area (Å²) in [4.78, 5) is 0. The van der Waals surface area contributed by atoms with E-state index in [1.54, 1.807) is 0 Å². The predicted octanol–water partition coefficient (Wildman–Crippen LogP) is -1.31. The van der Waals surface area contributed by atoms with E-state index in [9.17, 15) is 0 Å². The first-order valence-electron chi connectivity index (χ1n) is 5.81. The van der Waals surface area contributed by atoms with Crippen LogP contribution < -0.4 is 23.9 Å². The van der Waals surface area contributed by atoms with Crippen LogP contribution in [0.1, 0.15) is 5.56 Å². The average molecular weight is 274 g/mol. The molecule has 0 bridgehead atoms. The van der Waals surface area contributed by atoms with Gasteiger partial charge in [-0.05, 0) is 17.7 Å². The van der Waals surface area contributed by atoms with Crippen molar-refractivity contribution in [2.75, 3.05) is 5.84 Å². The van der Waals surface area contributed by atoms with Crippen molar-refractivity contribution >= 4 is 11.0 Å². The minimum absolute atomic E-state index is 0. The van der Waals surface area contributed by atoms with Gasteiger partial charge in [0, 0.05) is 0 Å². The number of aromatic nitrogens is 2. The molecule has 3 aromatic rings. The number of hydrogen-bond acceptors (Lipinski definition) is 2. The summed E-state index contributed by atoms with van der Waals surface area (Å²) < 4.78 is 3.32. The number of nitrogens with two attached hydrogens (primary N) is 1. The van der Waals surface area contributed by atoms with Crippen LogP contribution in [0.2, 0.25) is 0 Å². The van der Waals surface area contributed by atoms with Crippen LogP contribution in [-0.2, 0) is 6.54 Å². The first-order valence-corrected chi connectivity index (χ1v) is 5.81. The molecule has 0 radical (unpaired) electrons. The number of rotatable bonds is 2. The van der Waals surface area contributed by atoms with Gasteiger partial charge in [0.05, 0.1) is 17.6 Å². The molecule has 0 saturated heterocycles. The lowest BCUT2D eigenvalue weighted by molar-refractivity contribution is -0.00000386. The van der Waals surface area contributed by atoms with Crippen LogP contribution >= 0.6 is 0 Å². The fraction of sp³-hybridized carbons (Fsp3) is 0.0714. The van der Waals surface area contributed by atoms with E-state index in [0.29, 0.717) is 12.2 Å². The van der Waals surface area contributed by atoms with Gasteiger partial charge in [-0.25, -0.2) is 4.68 Å². The zero-order valence-corrected chi connectivity index (χ0v) is 11.0. The SMILES string of the molecule is N=c1n(N)c2ccccc2n1Cc1ccccc1.[Cl-]. The summed E-state index contributed by atoms with van der Waals surface area (Å²) in [5, 5.41) is 8.07. The van der Waals surface area contributed by atoms with E-state index in [4.69, 9.17) is 11.3 Å². The van der Waals surface area contributed by atoms with Crippen molar-refractivity contribution in [1.29, 1.82) is 5.41 Å². The second kappa shape index (κ2) is 5.20. The van der Waals surface area contributed by atoms with Crippen molar-refractivity contribution < 1.29 is 12.4 Å². The summed E-state index contributed by atoms with van der Waals surface area (Å²) in [6.45, 7) is 0.657. The molecule has 0 aliphatic rings. The summed E-state index contributed by atoms with van der Waals surface area (Å²) in [7, 11) is 0. The van der Waals surface area contributed by atoms with Crippen molar-refractivity contribution in [1.82, 2.24) is 9.24 Å². The average Bonchev–Trinajstić information content (AvgIpc) is 2.66. The molecular formula is C14H14ClN4-. The Kier molecular flexibility index (Phi) is 3.62. The van der Waals surface area contributed by atoms with Gasteiger partial charge in [0.1, 0.15) is 0 Å². The highest BCUT2D eigenvalue weighted by Gasteiger charge is 2.08. The van der Waals surface area contributed by atoms with Crippen LogP contribution in [0, 0.1) is 5.41 Å². The maximum absolute atomic E-state index is 8.07. The Morgan fingerprint density at radius 2 is 1.47 bits per heavy atom. The van der Waals surface area contributed by atoms with Crippen molar-refractivity contribution in [2.24, 2.45) is 0 Å². The number of nitrogen functional groups attached to an aromatic ring is 1. The molecule has 0 aliphatic heterocycles. The summed E-state index contributed by atoms with van der Waals surface area (Å²) in [6.07, 6.45) is 0. The number of nitrogens with one attached hydrogen (secondary N) is 1. The van der Waals surface area contributed by atoms with Gasteiger partial charge in [-0.3, -0.25) is 5.41 Å². The molecule has 5 heteroatoms. The van der Waals surface area contributed by atoms with Crippen molar-refractivity contribution in [3.63, 3.8) is 0 Å². The Hall–Kier alpha value is -2.20. The number of benzene rings is 2. The molecule has 0 amide bonds. The van der Waals surface area contributed by atoms with Crippen molar-refractivity contribution in [2.45, 2.75) is 6.54 Å². The molecule has 0 unspecified atom stereocenters. The van der Waals surface area contributed by atoms with Gasteiger partial charge in [0.2, 0.25) is 5.62 Å². The molecular weight excluding hydrogens is 260 g/mol. The highest BCUT2D eigenvalue weighted by molar-refractivity contribution is 5.76. The molecule has 0 saturated carbocycles. The van der Waals surface area contributed by atoms with E-state index in [0.717, 1.165) is 16.6 Å². The first-order chi connectivity index (χ1) is 8.77. The molecule has 0 fully saturated rings. The van der Waals surface area contributed by atoms with Gasteiger partial charge in [0.15, 0.2) is 0 Å². The standard InChI is InChI=1S/C14H14N4.ClH/c15-14-17(10-11-6-2-1-3-7-11)12-8-4-5-9-13(12)18(14)16;/h1-9,15H,10,16H2;1H/p-1. The molecule has 19 heavy (non-hydrogen) atoms. The Morgan fingerprint density at radius 1 is 0.895 bits per heavy atom. The molecule has 3 N–H and O–H groups in total. The van der Waals surface area contributed by atoms with Gasteiger partial charge < -0.3 is 22.8 Å². The van der Waals surface area contributed by atoms with Crippen LogP contribution in [-0.4, -0.2) is 9.24 Å². The number of fused-ring (bicyclic) bond motifs is 1. The fourth-order valence-electron chi connectivity index (χ4n) is 2.18. The van der Waals surface area contributed by atoms with E-state index in [2.05, 4.69) is 12.1 Å². The summed E-state index contributed by atoms with van der Waals surface area (Å²) >= 11 is 0. The van der Waals surface area contributed by atoms with Crippen LogP contribution in [0.15, 0.2) is 54.6 Å². The van der Waals surface area contributed by atoms with Crippen molar-refractivity contribution in [3.8, 4) is 0 Å². The predicted molar refractivity (Wildman–Crippen MR) is 71.5 cm³/mol. The topological polar surface area (TPSA) is 59.7 Å². The second-order valence-corrected chi connectivity index (χ2v) is 4.25. The normalized spacial score (nSPS) is 10.3. The zero-order chi connectivity index (χ0) is 12.5. The molecule has 98 valence electrons. The molecule has 0 spiro atoms. The van der Waals surface area contributed by atoms with Crippen LogP contribution in [0.3, 0.4) is 0 Å². The van der Waals surface area contributed by atoms with E-state index in [1.165, 1.54) is 4.68 Å². The Balaban J connectivity index is 0.00000133. The minimum Gasteiger partial charge on any atom is -1.00 e. The molecule has 3 rings (SSSR count). The highest BCUT2D eigenvalue weighted by atomic mass is 35.5. The molecule has 1 heterocycles. The number of halogens is 1. The second-order valence-electron chi connectivity index (χ2n) is 4.25. The smallest absolute Gasteiger partial charge is 0.222 e. The molecule has 2 aromatic carbocycles. The Morgan fingerprint density at radius 3 is 2.16 bits per heavy atom. The third-order valence-corrected chi connectivity index (χ3v) is 3.10. The maximum Gasteiger partial charge on any atom is 0.222 e. The van der Waals surface area contributed by atoms with E-state index in [1.807, 2.05) is 47.0 Å². The number of imidazole rings is 1. The third-order valence-electron chi connectivity index (χ3n) is 3.10. The Bertz CT molecular complexity index is 743. The van der Waals surface area contributed by atoms with Crippen molar-refractivity contribution in [3.05, 3.63) is 65.8 Å². The van der Waals surface area contributed by atoms with E-state index >= 15 is 0 Å². The zero-order valence-electron chi connectivity index (χ0n) is 10.3. The quantitative estimate of drug-likeness (QED) is 0.560. The van der Waals surface area contributed by atoms with Gasteiger partial charge in [-0.15, -0.1) is 0 Å². The molecule has 0 aliphatic carbocycles. The Labute approximate surface area is 117 Å². The minimum atomic E-state index is 0. The van der Waals surface area contributed by atoms with Gasteiger partial charge >= 0.3 is 0 Å². The lowest BCUT2D eigenvalue weighted by atomic mass is 10.2. The van der Waals surface area contributed by atoms with E-state index < -0.39 is 0 Å². The number of hydrogen-bond donors (Lipinski definition) is 2. The lowest BCUT2D eigenvalue weighted by Gasteiger charge is -2.04. The molecule has 1 aromatic heterocycles. The highest BCUT2D eigenvalue weighted by Crippen LogP contribution is 2.12. The summed E-state index contributed by atoms with van der Waals surface area (Å²) in [5.74, 6) is 5.90.